The van der Waals surface area contributed by atoms with Gasteiger partial charge in [-0.15, -0.1) is 16.8 Å². The maximum absolute atomic E-state index is 13.1. The van der Waals surface area contributed by atoms with Crippen molar-refractivity contribution >= 4 is 0 Å². The molecule has 0 N–H and O–H groups in total. The zero-order chi connectivity index (χ0) is 17.8. The molecule has 0 atom stereocenters. The molecule has 0 aliphatic heterocycles. The highest BCUT2D eigenvalue weighted by Crippen LogP contribution is 2.18. The third kappa shape index (κ3) is 3.85. The van der Waals surface area contributed by atoms with Gasteiger partial charge in [0.15, 0.2) is 0 Å². The highest BCUT2D eigenvalue weighted by molar-refractivity contribution is 5.27. The minimum Gasteiger partial charge on any atom is -0.291 e. The van der Waals surface area contributed by atoms with Crippen LogP contribution in [0, 0.1) is 19.7 Å². The second-order valence-corrected chi connectivity index (χ2v) is 6.13. The second kappa shape index (κ2) is 7.44. The Hall–Kier alpha value is -2.73. The number of aryl methyl sites for hydroxylation is 1. The summed E-state index contributed by atoms with van der Waals surface area (Å²) < 4.78 is 17.1. The summed E-state index contributed by atoms with van der Waals surface area (Å²) in [5, 5.41) is 7.76. The Labute approximate surface area is 147 Å². The van der Waals surface area contributed by atoms with Crippen molar-refractivity contribution in [1.29, 1.82) is 0 Å². The molecule has 0 unspecified atom stereocenters. The highest BCUT2D eigenvalue weighted by Gasteiger charge is 2.14. The predicted molar refractivity (Wildman–Crippen MR) is 95.4 cm³/mol. The van der Waals surface area contributed by atoms with Crippen LogP contribution in [0.4, 0.5) is 4.39 Å². The Morgan fingerprint density at radius 3 is 2.44 bits per heavy atom. The van der Waals surface area contributed by atoms with E-state index in [4.69, 9.17) is 0 Å². The van der Waals surface area contributed by atoms with Crippen LogP contribution in [-0.2, 0) is 13.1 Å². The maximum atomic E-state index is 13.1. The molecule has 0 spiro atoms. The smallest absolute Gasteiger partial charge is 0.139 e. The Kier molecular flexibility index (Phi) is 5.09. The van der Waals surface area contributed by atoms with Crippen molar-refractivity contribution in [2.45, 2.75) is 26.9 Å². The fraction of sp³-hybridized carbons (Fsp3) is 0.263. The van der Waals surface area contributed by atoms with Gasteiger partial charge in [-0.2, -0.15) is 0 Å². The van der Waals surface area contributed by atoms with Crippen LogP contribution in [0.1, 0.15) is 22.5 Å². The monoisotopic (exact) mass is 339 g/mol. The van der Waals surface area contributed by atoms with Crippen molar-refractivity contribution in [2.24, 2.45) is 0 Å². The molecule has 0 amide bonds. The molecule has 0 aliphatic rings. The SMILES string of the molecule is C=CCN(Cc1ccc(F)cc1)Cc1cc(C)n(-n2cnnc2)c1C. The van der Waals surface area contributed by atoms with E-state index < -0.39 is 0 Å². The summed E-state index contributed by atoms with van der Waals surface area (Å²) in [5.41, 5.74) is 4.57. The first kappa shape index (κ1) is 17.1. The van der Waals surface area contributed by atoms with Gasteiger partial charge in [0.05, 0.1) is 0 Å². The van der Waals surface area contributed by atoms with E-state index in [0.29, 0.717) is 0 Å². The lowest BCUT2D eigenvalue weighted by Gasteiger charge is -2.21. The van der Waals surface area contributed by atoms with Crippen LogP contribution < -0.4 is 0 Å². The number of rotatable bonds is 7. The molecule has 3 rings (SSSR count). The molecule has 1 aromatic carbocycles. The molecule has 2 heterocycles. The van der Waals surface area contributed by atoms with E-state index in [0.717, 1.165) is 36.6 Å². The lowest BCUT2D eigenvalue weighted by molar-refractivity contribution is 0.285. The Balaban J connectivity index is 1.81. The average molecular weight is 339 g/mol. The normalized spacial score (nSPS) is 11.2. The molecular weight excluding hydrogens is 317 g/mol. The summed E-state index contributed by atoms with van der Waals surface area (Å²) in [6.07, 6.45) is 5.26. The first-order valence-corrected chi connectivity index (χ1v) is 8.19. The van der Waals surface area contributed by atoms with Crippen molar-refractivity contribution in [3.8, 4) is 0 Å². The molecule has 6 heteroatoms. The number of benzene rings is 1. The number of halogens is 1. The van der Waals surface area contributed by atoms with E-state index >= 15 is 0 Å². The molecule has 0 bridgehead atoms. The van der Waals surface area contributed by atoms with Gasteiger partial charge < -0.3 is 0 Å². The van der Waals surface area contributed by atoms with E-state index in [2.05, 4.69) is 46.3 Å². The molecule has 0 radical (unpaired) electrons. The van der Waals surface area contributed by atoms with Crippen LogP contribution in [0.25, 0.3) is 0 Å². The average Bonchev–Trinajstić information content (AvgIpc) is 3.19. The van der Waals surface area contributed by atoms with Crippen molar-refractivity contribution in [1.82, 2.24) is 24.4 Å². The van der Waals surface area contributed by atoms with Crippen molar-refractivity contribution in [3.63, 3.8) is 0 Å². The summed E-state index contributed by atoms with van der Waals surface area (Å²) in [4.78, 5) is 2.28. The molecule has 0 aliphatic carbocycles. The van der Waals surface area contributed by atoms with Gasteiger partial charge in [0.2, 0.25) is 0 Å². The summed E-state index contributed by atoms with van der Waals surface area (Å²) in [5.74, 6) is -0.212. The fourth-order valence-corrected chi connectivity index (χ4v) is 3.09. The minimum absolute atomic E-state index is 0.212. The van der Waals surface area contributed by atoms with Crippen molar-refractivity contribution < 1.29 is 4.39 Å². The van der Waals surface area contributed by atoms with Gasteiger partial charge in [-0.1, -0.05) is 18.2 Å². The van der Waals surface area contributed by atoms with Crippen LogP contribution >= 0.6 is 0 Å². The highest BCUT2D eigenvalue weighted by atomic mass is 19.1. The lowest BCUT2D eigenvalue weighted by Crippen LogP contribution is -2.23. The quantitative estimate of drug-likeness (QED) is 0.620. The molecule has 2 aromatic heterocycles. The lowest BCUT2D eigenvalue weighted by atomic mass is 10.1. The Bertz CT molecular complexity index is 834. The summed E-state index contributed by atoms with van der Waals surface area (Å²) in [6, 6.07) is 8.83. The second-order valence-electron chi connectivity index (χ2n) is 6.13. The van der Waals surface area contributed by atoms with E-state index in [1.807, 2.05) is 22.9 Å². The topological polar surface area (TPSA) is 38.9 Å². The van der Waals surface area contributed by atoms with Gasteiger partial charge in [0.25, 0.3) is 0 Å². The van der Waals surface area contributed by atoms with Crippen LogP contribution in [0.2, 0.25) is 0 Å². The molecule has 5 nitrogen and oxygen atoms in total. The van der Waals surface area contributed by atoms with Gasteiger partial charge in [-0.25, -0.2) is 9.07 Å². The van der Waals surface area contributed by atoms with Gasteiger partial charge >= 0.3 is 0 Å². The van der Waals surface area contributed by atoms with Crippen LogP contribution in [-0.4, -0.2) is 31.0 Å². The molecule has 0 saturated carbocycles. The van der Waals surface area contributed by atoms with Crippen molar-refractivity contribution in [3.05, 3.63) is 84.0 Å². The zero-order valence-corrected chi connectivity index (χ0v) is 14.6. The van der Waals surface area contributed by atoms with Crippen molar-refractivity contribution in [2.75, 3.05) is 6.54 Å². The first-order chi connectivity index (χ1) is 12.1. The van der Waals surface area contributed by atoms with E-state index in [9.17, 15) is 4.39 Å². The largest absolute Gasteiger partial charge is 0.291 e. The van der Waals surface area contributed by atoms with Gasteiger partial charge in [0.1, 0.15) is 18.5 Å². The van der Waals surface area contributed by atoms with E-state index in [1.54, 1.807) is 12.7 Å². The van der Waals surface area contributed by atoms with Gasteiger partial charge in [0, 0.05) is 31.0 Å². The summed E-state index contributed by atoms with van der Waals surface area (Å²) in [6.45, 7) is 10.3. The summed E-state index contributed by atoms with van der Waals surface area (Å²) in [7, 11) is 0. The summed E-state index contributed by atoms with van der Waals surface area (Å²) >= 11 is 0. The standard InChI is InChI=1S/C19H22FN5/c1-4-9-23(11-17-5-7-19(20)8-6-17)12-18-10-15(2)25(16(18)3)24-13-21-22-14-24/h4-8,10,13-14H,1,9,11-12H2,2-3H3. The van der Waals surface area contributed by atoms with E-state index in [-0.39, 0.29) is 5.82 Å². The van der Waals surface area contributed by atoms with Crippen LogP contribution in [0.3, 0.4) is 0 Å². The third-order valence-corrected chi connectivity index (χ3v) is 4.24. The third-order valence-electron chi connectivity index (χ3n) is 4.24. The van der Waals surface area contributed by atoms with E-state index in [1.165, 1.54) is 17.7 Å². The Morgan fingerprint density at radius 1 is 1.12 bits per heavy atom. The molecule has 0 fully saturated rings. The van der Waals surface area contributed by atoms with Crippen LogP contribution in [0.15, 0.2) is 55.6 Å². The van der Waals surface area contributed by atoms with Gasteiger partial charge in [-0.05, 0) is 43.2 Å². The predicted octanol–water partition coefficient (Wildman–Crippen LogP) is 3.34. The number of aromatic nitrogens is 4. The molecule has 0 saturated heterocycles. The first-order valence-electron chi connectivity index (χ1n) is 8.19. The zero-order valence-electron chi connectivity index (χ0n) is 14.6. The fourth-order valence-electron chi connectivity index (χ4n) is 3.09. The number of nitrogens with zero attached hydrogens (tertiary/aromatic N) is 5. The molecule has 130 valence electrons. The molecule has 3 aromatic rings. The van der Waals surface area contributed by atoms with Crippen LogP contribution in [0.5, 0.6) is 0 Å². The minimum atomic E-state index is -0.212. The number of hydrogen-bond donors (Lipinski definition) is 0. The number of hydrogen-bond acceptors (Lipinski definition) is 3. The van der Waals surface area contributed by atoms with Gasteiger partial charge in [-0.3, -0.25) is 9.58 Å². The Morgan fingerprint density at radius 2 is 1.80 bits per heavy atom. The molecule has 25 heavy (non-hydrogen) atoms. The molecular formula is C19H22FN5. The maximum Gasteiger partial charge on any atom is 0.139 e.